The van der Waals surface area contributed by atoms with Crippen molar-refractivity contribution >= 4 is 35.5 Å². The van der Waals surface area contributed by atoms with Crippen LogP contribution in [0.25, 0.3) is 16.9 Å². The number of aliphatic hydroxyl groups excluding tert-OH is 1. The lowest BCUT2D eigenvalue weighted by molar-refractivity contribution is 0.112. The first-order valence-electron chi connectivity index (χ1n) is 11.1. The van der Waals surface area contributed by atoms with E-state index in [4.69, 9.17) is 16.7 Å². The smallest absolute Gasteiger partial charge is 0.153 e. The van der Waals surface area contributed by atoms with Crippen LogP contribution in [0.1, 0.15) is 21.5 Å². The van der Waals surface area contributed by atoms with Crippen molar-refractivity contribution in [2.24, 2.45) is 0 Å². The molecule has 0 aliphatic rings. The minimum atomic E-state index is 0.164. The van der Waals surface area contributed by atoms with Crippen molar-refractivity contribution in [1.82, 2.24) is 14.5 Å². The van der Waals surface area contributed by atoms with E-state index < -0.39 is 0 Å². The fourth-order valence-electron chi connectivity index (χ4n) is 3.20. The number of nitrogens with zero attached hydrogens (tertiary/aromatic N) is 2. The largest absolute Gasteiger partial charge is 0.395 e. The Kier molecular flexibility index (Phi) is 9.93. The maximum atomic E-state index is 11.3. The van der Waals surface area contributed by atoms with Crippen LogP contribution in [0.5, 0.6) is 0 Å². The number of nitrogens with one attached hydrogen (secondary N) is 2. The van der Waals surface area contributed by atoms with Crippen LogP contribution in [0.3, 0.4) is 0 Å². The summed E-state index contributed by atoms with van der Waals surface area (Å²) in [5.41, 5.74) is 6.47. The number of hydrogen-bond acceptors (Lipinski definition) is 6. The predicted molar refractivity (Wildman–Crippen MR) is 146 cm³/mol. The molecule has 0 aliphatic carbocycles. The van der Waals surface area contributed by atoms with Gasteiger partial charge in [-0.1, -0.05) is 53.6 Å². The van der Waals surface area contributed by atoms with Crippen molar-refractivity contribution in [2.45, 2.75) is 18.7 Å². The van der Waals surface area contributed by atoms with Gasteiger partial charge in [0.15, 0.2) is 6.29 Å². The maximum absolute atomic E-state index is 11.3. The summed E-state index contributed by atoms with van der Waals surface area (Å²) in [6, 6.07) is 21.5. The molecule has 0 aliphatic heterocycles. The van der Waals surface area contributed by atoms with E-state index in [1.54, 1.807) is 28.9 Å². The van der Waals surface area contributed by atoms with E-state index in [1.807, 2.05) is 62.5 Å². The normalized spacial score (nSPS) is 10.4. The summed E-state index contributed by atoms with van der Waals surface area (Å²) in [7, 11) is 1.90. The quantitative estimate of drug-likeness (QED) is 0.155. The van der Waals surface area contributed by atoms with Crippen LogP contribution in [0.4, 0.5) is 5.69 Å². The number of halogens is 1. The van der Waals surface area contributed by atoms with Crippen LogP contribution >= 0.6 is 23.5 Å². The lowest BCUT2D eigenvalue weighted by Crippen LogP contribution is -2.09. The molecule has 35 heavy (non-hydrogen) atoms. The molecule has 1 heterocycles. The molecule has 0 unspecified atom stereocenters. The third-order valence-corrected chi connectivity index (χ3v) is 6.38. The van der Waals surface area contributed by atoms with Gasteiger partial charge in [-0.05, 0) is 61.7 Å². The fourth-order valence-corrected chi connectivity index (χ4v) is 4.15. The molecule has 0 fully saturated rings. The Morgan fingerprint density at radius 3 is 2.51 bits per heavy atom. The first-order valence-corrected chi connectivity index (χ1v) is 12.3. The van der Waals surface area contributed by atoms with E-state index >= 15 is 0 Å². The van der Waals surface area contributed by atoms with E-state index in [9.17, 15) is 4.79 Å². The number of carbonyl (C=O) groups is 1. The number of aldehydes is 1. The number of hydrogen-bond donors (Lipinski definition) is 3. The van der Waals surface area contributed by atoms with Gasteiger partial charge in [0.05, 0.1) is 17.9 Å². The van der Waals surface area contributed by atoms with Gasteiger partial charge in [-0.25, -0.2) is 4.68 Å². The van der Waals surface area contributed by atoms with Crippen molar-refractivity contribution in [3.8, 4) is 16.9 Å². The van der Waals surface area contributed by atoms with Gasteiger partial charge in [0, 0.05) is 41.0 Å². The van der Waals surface area contributed by atoms with E-state index in [1.165, 1.54) is 16.0 Å². The van der Waals surface area contributed by atoms with Crippen LogP contribution in [0.15, 0.2) is 77.8 Å². The van der Waals surface area contributed by atoms with E-state index in [2.05, 4.69) is 34.2 Å². The summed E-state index contributed by atoms with van der Waals surface area (Å²) < 4.78 is 4.75. The first kappa shape index (κ1) is 26.5. The Bertz CT molecular complexity index is 1260. The van der Waals surface area contributed by atoms with Crippen molar-refractivity contribution in [1.29, 1.82) is 0 Å². The van der Waals surface area contributed by atoms with E-state index in [0.717, 1.165) is 23.2 Å². The number of carbonyl (C=O) groups excluding carboxylic acids is 1. The zero-order chi connectivity index (χ0) is 25.2. The number of benzene rings is 3. The van der Waals surface area contributed by atoms with Crippen LogP contribution in [0.2, 0.25) is 5.02 Å². The van der Waals surface area contributed by atoms with Gasteiger partial charge in [-0.3, -0.25) is 9.52 Å². The van der Waals surface area contributed by atoms with Gasteiger partial charge in [0.1, 0.15) is 5.69 Å². The summed E-state index contributed by atoms with van der Waals surface area (Å²) in [4.78, 5) is 12.5. The molecule has 0 amide bonds. The van der Waals surface area contributed by atoms with Crippen molar-refractivity contribution in [3.05, 3.63) is 94.6 Å². The standard InChI is InChI=1S/C17H13ClN2O.C10H16N2OS/c1-12-5-7-13(8-6-12)17-14(11-21)10-20(19-17)16-4-2-3-15(18)9-16;1-8-3-4-9(11-2)7-10(8)14-12-5-6-13/h2-11H,1H3;3-4,7,11-13H,5-6H2,1-2H3. The molecule has 0 saturated carbocycles. The molecule has 6 nitrogen and oxygen atoms in total. The Morgan fingerprint density at radius 1 is 1.09 bits per heavy atom. The molecule has 0 atom stereocenters. The number of rotatable bonds is 8. The van der Waals surface area contributed by atoms with Crippen LogP contribution in [-0.4, -0.2) is 41.4 Å². The summed E-state index contributed by atoms with van der Waals surface area (Å²) in [5, 5.41) is 16.9. The molecule has 0 spiro atoms. The summed E-state index contributed by atoms with van der Waals surface area (Å²) >= 11 is 7.55. The average Bonchev–Trinajstić information content (AvgIpc) is 3.31. The second-order valence-electron chi connectivity index (χ2n) is 7.79. The van der Waals surface area contributed by atoms with Crippen molar-refractivity contribution in [2.75, 3.05) is 25.5 Å². The molecule has 3 N–H and O–H groups in total. The molecule has 0 bridgehead atoms. The highest BCUT2D eigenvalue weighted by Crippen LogP contribution is 2.24. The highest BCUT2D eigenvalue weighted by atomic mass is 35.5. The van der Waals surface area contributed by atoms with Gasteiger partial charge < -0.3 is 10.4 Å². The van der Waals surface area contributed by atoms with E-state index in [-0.39, 0.29) is 6.61 Å². The SMILES string of the molecule is CNc1ccc(C)c(SNCCO)c1.Cc1ccc(-c2nn(-c3cccc(Cl)c3)cc2C=O)cc1. The highest BCUT2D eigenvalue weighted by molar-refractivity contribution is 7.97. The maximum Gasteiger partial charge on any atom is 0.153 e. The van der Waals surface area contributed by atoms with Crippen LogP contribution < -0.4 is 10.0 Å². The summed E-state index contributed by atoms with van der Waals surface area (Å²) in [6.45, 7) is 4.86. The zero-order valence-electron chi connectivity index (χ0n) is 20.0. The van der Waals surface area contributed by atoms with Gasteiger partial charge in [-0.15, -0.1) is 0 Å². The van der Waals surface area contributed by atoms with Gasteiger partial charge >= 0.3 is 0 Å². The lowest BCUT2D eigenvalue weighted by Gasteiger charge is -2.08. The number of aryl methyl sites for hydroxylation is 2. The monoisotopic (exact) mass is 508 g/mol. The van der Waals surface area contributed by atoms with Gasteiger partial charge in [-0.2, -0.15) is 5.10 Å². The second-order valence-corrected chi connectivity index (χ2v) is 9.16. The molecule has 8 heteroatoms. The number of anilines is 1. The average molecular weight is 509 g/mol. The molecular weight excluding hydrogens is 480 g/mol. The zero-order valence-corrected chi connectivity index (χ0v) is 21.5. The van der Waals surface area contributed by atoms with Crippen molar-refractivity contribution in [3.63, 3.8) is 0 Å². The molecule has 0 radical (unpaired) electrons. The molecule has 4 rings (SSSR count). The number of aliphatic hydroxyl groups is 1. The molecule has 4 aromatic rings. The van der Waals surface area contributed by atoms with Gasteiger partial charge in [0.2, 0.25) is 0 Å². The first-order chi connectivity index (χ1) is 16.9. The fraction of sp³-hybridized carbons (Fsp3) is 0.185. The summed E-state index contributed by atoms with van der Waals surface area (Å²) in [6.07, 6.45) is 2.54. The molecular formula is C27H29ClN4O2S. The second kappa shape index (κ2) is 13.1. The highest BCUT2D eigenvalue weighted by Gasteiger charge is 2.11. The minimum Gasteiger partial charge on any atom is -0.395 e. The van der Waals surface area contributed by atoms with E-state index in [0.29, 0.717) is 22.8 Å². The molecule has 3 aromatic carbocycles. The molecule has 182 valence electrons. The molecule has 0 saturated heterocycles. The third-order valence-electron chi connectivity index (χ3n) is 5.14. The van der Waals surface area contributed by atoms with Crippen LogP contribution in [0, 0.1) is 13.8 Å². The molecule has 1 aromatic heterocycles. The Morgan fingerprint density at radius 2 is 1.86 bits per heavy atom. The minimum absolute atomic E-state index is 0.164. The topological polar surface area (TPSA) is 79.2 Å². The van der Waals surface area contributed by atoms with Gasteiger partial charge in [0.25, 0.3) is 0 Å². The predicted octanol–water partition coefficient (Wildman–Crippen LogP) is 5.94. The van der Waals surface area contributed by atoms with Crippen molar-refractivity contribution < 1.29 is 9.90 Å². The summed E-state index contributed by atoms with van der Waals surface area (Å²) in [5.74, 6) is 0. The Labute approximate surface area is 215 Å². The third kappa shape index (κ3) is 7.44. The Balaban J connectivity index is 0.000000214. The lowest BCUT2D eigenvalue weighted by atomic mass is 10.1. The Hall–Kier alpha value is -3.10. The van der Waals surface area contributed by atoms with Crippen LogP contribution in [-0.2, 0) is 0 Å². The number of aromatic nitrogens is 2.